The Morgan fingerprint density at radius 1 is 1.05 bits per heavy atom. The van der Waals surface area contributed by atoms with Crippen LogP contribution in [0.15, 0.2) is 30.3 Å². The smallest absolute Gasteiger partial charge is 0.251 e. The average molecular weight is 515 g/mol. The van der Waals surface area contributed by atoms with Crippen molar-refractivity contribution >= 4 is 23.6 Å². The topological polar surface area (TPSA) is 137 Å². The van der Waals surface area contributed by atoms with Gasteiger partial charge >= 0.3 is 0 Å². The molecule has 37 heavy (non-hydrogen) atoms. The third-order valence-corrected chi connectivity index (χ3v) is 6.93. The summed E-state index contributed by atoms with van der Waals surface area (Å²) in [5.74, 6) is -1.86. The maximum atomic E-state index is 13.5. The average Bonchev–Trinajstić information content (AvgIpc) is 3.56. The van der Waals surface area contributed by atoms with Crippen molar-refractivity contribution in [3.63, 3.8) is 0 Å². The predicted molar refractivity (Wildman–Crippen MR) is 140 cm³/mol. The van der Waals surface area contributed by atoms with E-state index in [1.165, 1.54) is 0 Å². The highest BCUT2D eigenvalue weighted by molar-refractivity contribution is 5.89. The highest BCUT2D eigenvalue weighted by atomic mass is 16.3. The second-order valence-electron chi connectivity index (χ2n) is 11.8. The lowest BCUT2D eigenvalue weighted by molar-refractivity contribution is -0.135. The molecule has 2 unspecified atom stereocenters. The normalized spacial score (nSPS) is 20.8. The first kappa shape index (κ1) is 28.6. The zero-order chi connectivity index (χ0) is 27.2. The van der Waals surface area contributed by atoms with Gasteiger partial charge in [-0.1, -0.05) is 58.0 Å². The summed E-state index contributed by atoms with van der Waals surface area (Å²) in [4.78, 5) is 51.2. The maximum absolute atomic E-state index is 13.5. The number of nitrogens with one attached hydrogen (secondary N) is 4. The summed E-state index contributed by atoms with van der Waals surface area (Å²) in [5.41, 5.74) is 0.762. The lowest BCUT2D eigenvalue weighted by Gasteiger charge is -2.30. The van der Waals surface area contributed by atoms with Crippen molar-refractivity contribution in [2.75, 3.05) is 6.54 Å². The second-order valence-corrected chi connectivity index (χ2v) is 11.8. The lowest BCUT2D eigenvalue weighted by Crippen LogP contribution is -2.57. The summed E-state index contributed by atoms with van der Waals surface area (Å²) in [5, 5.41) is 22.1. The molecule has 9 nitrogen and oxygen atoms in total. The third kappa shape index (κ3) is 9.14. The summed E-state index contributed by atoms with van der Waals surface area (Å²) >= 11 is 0. The van der Waals surface area contributed by atoms with Crippen molar-refractivity contribution in [3.05, 3.63) is 35.9 Å². The first-order valence-corrected chi connectivity index (χ1v) is 13.3. The molecule has 0 bridgehead atoms. The van der Waals surface area contributed by atoms with Crippen molar-refractivity contribution < 1.29 is 24.3 Å². The molecule has 1 aromatic rings. The molecule has 0 spiro atoms. The summed E-state index contributed by atoms with van der Waals surface area (Å²) in [6.07, 6.45) is 1.52. The molecule has 1 saturated heterocycles. The number of carbonyl (C=O) groups is 4. The van der Waals surface area contributed by atoms with Crippen molar-refractivity contribution in [1.29, 1.82) is 0 Å². The van der Waals surface area contributed by atoms with E-state index in [1.54, 1.807) is 0 Å². The lowest BCUT2D eigenvalue weighted by atomic mass is 9.87. The van der Waals surface area contributed by atoms with E-state index in [4.69, 9.17) is 0 Å². The van der Waals surface area contributed by atoms with Crippen LogP contribution in [0.5, 0.6) is 0 Å². The Labute approximate surface area is 219 Å². The number of aliphatic hydroxyl groups excluding tert-OH is 1. The van der Waals surface area contributed by atoms with Gasteiger partial charge in [0.05, 0.1) is 6.04 Å². The molecule has 204 valence electrons. The van der Waals surface area contributed by atoms with E-state index in [2.05, 4.69) is 21.3 Å². The number of hydrogen-bond donors (Lipinski definition) is 5. The Hall–Kier alpha value is -2.94. The summed E-state index contributed by atoms with van der Waals surface area (Å²) < 4.78 is 0. The molecular formula is C28H42N4O5. The first-order chi connectivity index (χ1) is 17.4. The summed E-state index contributed by atoms with van der Waals surface area (Å²) in [6, 6.07) is 7.95. The quantitative estimate of drug-likeness (QED) is 0.290. The monoisotopic (exact) mass is 514 g/mol. The third-order valence-electron chi connectivity index (χ3n) is 6.93. The zero-order valence-corrected chi connectivity index (χ0v) is 22.4. The maximum Gasteiger partial charge on any atom is 0.251 e. The molecule has 0 aromatic heterocycles. The van der Waals surface area contributed by atoms with Gasteiger partial charge in [-0.2, -0.15) is 0 Å². The van der Waals surface area contributed by atoms with Crippen molar-refractivity contribution in [2.24, 2.45) is 11.3 Å². The molecule has 4 amide bonds. The number of hydrogen-bond acceptors (Lipinski definition) is 5. The molecule has 1 aromatic carbocycles. The number of benzene rings is 1. The van der Waals surface area contributed by atoms with Gasteiger partial charge in [-0.05, 0) is 49.0 Å². The Morgan fingerprint density at radius 2 is 1.73 bits per heavy atom. The highest BCUT2D eigenvalue weighted by Gasteiger charge is 2.37. The molecule has 1 saturated carbocycles. The Balaban J connectivity index is 1.70. The van der Waals surface area contributed by atoms with Gasteiger partial charge in [-0.25, -0.2) is 0 Å². The van der Waals surface area contributed by atoms with E-state index < -0.39 is 35.9 Å². The van der Waals surface area contributed by atoms with E-state index in [1.807, 2.05) is 58.0 Å². The molecule has 2 aliphatic rings. The summed E-state index contributed by atoms with van der Waals surface area (Å²) in [6.45, 7) is 8.42. The molecule has 1 aliphatic carbocycles. The Bertz CT molecular complexity index is 957. The molecular weight excluding hydrogens is 472 g/mol. The molecule has 0 radical (unpaired) electrons. The minimum absolute atomic E-state index is 0.0267. The minimum atomic E-state index is -1.50. The van der Waals surface area contributed by atoms with Crippen LogP contribution in [0.4, 0.5) is 0 Å². The van der Waals surface area contributed by atoms with Crippen LogP contribution in [0.1, 0.15) is 77.7 Å². The fraction of sp³-hybridized carbons (Fsp3) is 0.643. The highest BCUT2D eigenvalue weighted by Crippen LogP contribution is 2.24. The van der Waals surface area contributed by atoms with Crippen molar-refractivity contribution in [3.8, 4) is 0 Å². The molecule has 1 heterocycles. The van der Waals surface area contributed by atoms with Crippen LogP contribution in [0.25, 0.3) is 0 Å². The van der Waals surface area contributed by atoms with Crippen LogP contribution < -0.4 is 21.3 Å². The van der Waals surface area contributed by atoms with Crippen LogP contribution in [-0.2, 0) is 19.2 Å². The summed E-state index contributed by atoms with van der Waals surface area (Å²) in [7, 11) is 0. The van der Waals surface area contributed by atoms with E-state index in [0.717, 1.165) is 18.4 Å². The molecule has 5 atom stereocenters. The van der Waals surface area contributed by atoms with Gasteiger partial charge in [0.25, 0.3) is 5.91 Å². The van der Waals surface area contributed by atoms with Crippen LogP contribution in [0.3, 0.4) is 0 Å². The SMILES string of the molecule is C[C@H](CC(=O)N[C@@H](CC(C)(C)C)C(=O)NC(C[C@@H]1CCNC1=O)C(O)C(=O)NC1CC1)c1ccccc1. The van der Waals surface area contributed by atoms with Gasteiger partial charge in [0.1, 0.15) is 6.04 Å². The number of rotatable bonds is 12. The molecule has 2 fully saturated rings. The molecule has 1 aliphatic heterocycles. The predicted octanol–water partition coefficient (Wildman–Crippen LogP) is 1.75. The first-order valence-electron chi connectivity index (χ1n) is 13.3. The largest absolute Gasteiger partial charge is 0.381 e. The van der Waals surface area contributed by atoms with Gasteiger partial charge in [0.2, 0.25) is 17.7 Å². The second kappa shape index (κ2) is 12.5. The van der Waals surface area contributed by atoms with Crippen LogP contribution in [0, 0.1) is 11.3 Å². The van der Waals surface area contributed by atoms with Crippen LogP contribution in [0.2, 0.25) is 0 Å². The number of aliphatic hydroxyl groups is 1. The standard InChI is InChI=1S/C28H42N4O5/c1-17(18-8-6-5-7-9-18)14-23(33)31-22(16-28(2,3)4)26(36)32-21(15-19-12-13-29-25(19)35)24(34)27(37)30-20-10-11-20/h5-9,17,19-22,24,34H,10-16H2,1-4H3,(H,29,35)(H,30,37)(H,31,33)(H,32,36)/t17-,19+,21?,22+,24?/m1/s1. The Kier molecular flexibility index (Phi) is 9.70. The fourth-order valence-electron chi connectivity index (χ4n) is 4.68. The minimum Gasteiger partial charge on any atom is -0.381 e. The van der Waals surface area contributed by atoms with Crippen LogP contribution >= 0.6 is 0 Å². The van der Waals surface area contributed by atoms with Crippen LogP contribution in [-0.4, -0.2) is 59.5 Å². The van der Waals surface area contributed by atoms with Crippen molar-refractivity contribution in [2.45, 2.75) is 96.4 Å². The molecule has 9 heteroatoms. The van der Waals surface area contributed by atoms with Gasteiger partial charge in [0, 0.05) is 24.9 Å². The van der Waals surface area contributed by atoms with Gasteiger partial charge < -0.3 is 26.4 Å². The van der Waals surface area contributed by atoms with Crippen molar-refractivity contribution in [1.82, 2.24) is 21.3 Å². The fourth-order valence-corrected chi connectivity index (χ4v) is 4.68. The number of carbonyl (C=O) groups excluding carboxylic acids is 4. The number of amides is 4. The van der Waals surface area contributed by atoms with E-state index in [9.17, 15) is 24.3 Å². The van der Waals surface area contributed by atoms with Gasteiger partial charge in [-0.3, -0.25) is 19.2 Å². The van der Waals surface area contributed by atoms with E-state index >= 15 is 0 Å². The van der Waals surface area contributed by atoms with Gasteiger partial charge in [-0.15, -0.1) is 0 Å². The molecule has 3 rings (SSSR count). The van der Waals surface area contributed by atoms with E-state index in [-0.39, 0.29) is 42.0 Å². The van der Waals surface area contributed by atoms with Gasteiger partial charge in [0.15, 0.2) is 6.10 Å². The van der Waals surface area contributed by atoms with E-state index in [0.29, 0.717) is 19.4 Å². The Morgan fingerprint density at radius 3 is 2.30 bits per heavy atom. The molecule has 5 N–H and O–H groups in total. The zero-order valence-electron chi connectivity index (χ0n) is 22.4.